The van der Waals surface area contributed by atoms with Gasteiger partial charge in [0.2, 0.25) is 0 Å². The van der Waals surface area contributed by atoms with Crippen LogP contribution in [0, 0.1) is 5.82 Å². The fourth-order valence-corrected chi connectivity index (χ4v) is 1.39. The van der Waals surface area contributed by atoms with Gasteiger partial charge in [-0.05, 0) is 23.8 Å². The molecule has 0 aromatic heterocycles. The van der Waals surface area contributed by atoms with Crippen LogP contribution in [0.25, 0.3) is 0 Å². The van der Waals surface area contributed by atoms with Crippen molar-refractivity contribution in [2.45, 2.75) is 18.6 Å². The molecule has 1 unspecified atom stereocenters. The fourth-order valence-electron chi connectivity index (χ4n) is 1.16. The summed E-state index contributed by atoms with van der Waals surface area (Å²) in [6.45, 7) is 0. The first kappa shape index (κ1) is 12.3. The second-order valence-corrected chi connectivity index (χ2v) is 3.57. The Labute approximate surface area is 88.8 Å². The smallest absolute Gasteiger partial charge is 0.324 e. The van der Waals surface area contributed by atoms with Crippen molar-refractivity contribution >= 4 is 11.6 Å². The van der Waals surface area contributed by atoms with Crippen molar-refractivity contribution in [3.63, 3.8) is 0 Å². The molecule has 0 amide bonds. The zero-order valence-corrected chi connectivity index (χ0v) is 8.24. The average molecular weight is 242 g/mol. The molecule has 0 aliphatic heterocycles. The van der Waals surface area contributed by atoms with Gasteiger partial charge >= 0.3 is 6.18 Å². The zero-order valence-electron chi connectivity index (χ0n) is 7.48. The fraction of sp³-hybridized carbons (Fsp3) is 0.333. The van der Waals surface area contributed by atoms with Crippen LogP contribution < -0.4 is 5.73 Å². The normalized spacial score (nSPS) is 14.0. The molecule has 1 aromatic rings. The summed E-state index contributed by atoms with van der Waals surface area (Å²) >= 11 is 5.49. The lowest BCUT2D eigenvalue weighted by Gasteiger charge is -2.14. The lowest BCUT2D eigenvalue weighted by atomic mass is 10.0. The number of rotatable bonds is 2. The van der Waals surface area contributed by atoms with Crippen molar-refractivity contribution in [1.82, 2.24) is 0 Å². The molecule has 15 heavy (non-hydrogen) atoms. The monoisotopic (exact) mass is 241 g/mol. The van der Waals surface area contributed by atoms with E-state index in [1.165, 1.54) is 6.07 Å². The molecular weight excluding hydrogens is 234 g/mol. The molecule has 0 radical (unpaired) electrons. The van der Waals surface area contributed by atoms with Gasteiger partial charge in [-0.25, -0.2) is 4.39 Å². The molecule has 1 atom stereocenters. The summed E-state index contributed by atoms with van der Waals surface area (Å²) in [6, 6.07) is 1.88. The standard InChI is InChI=1S/C9H8ClF4N/c10-6-1-5(2-7(11)3-6)8(15)4-9(12,13)14/h1-3,8H,4,15H2. The van der Waals surface area contributed by atoms with E-state index in [1.807, 2.05) is 0 Å². The minimum Gasteiger partial charge on any atom is -0.324 e. The Kier molecular flexibility index (Phi) is 3.57. The van der Waals surface area contributed by atoms with Gasteiger partial charge in [0.1, 0.15) is 5.82 Å². The number of nitrogens with two attached hydrogens (primary N) is 1. The summed E-state index contributed by atoms with van der Waals surface area (Å²) in [5.41, 5.74) is 5.31. The van der Waals surface area contributed by atoms with Crippen LogP contribution in [-0.2, 0) is 0 Å². The van der Waals surface area contributed by atoms with Crippen LogP contribution in [0.1, 0.15) is 18.0 Å². The second-order valence-electron chi connectivity index (χ2n) is 3.13. The van der Waals surface area contributed by atoms with Gasteiger partial charge in [0.15, 0.2) is 0 Å². The molecule has 0 spiro atoms. The second kappa shape index (κ2) is 4.37. The lowest BCUT2D eigenvalue weighted by molar-refractivity contribution is -0.138. The molecule has 0 saturated carbocycles. The van der Waals surface area contributed by atoms with Crippen LogP contribution in [0.15, 0.2) is 18.2 Å². The molecule has 0 saturated heterocycles. The average Bonchev–Trinajstić information content (AvgIpc) is 1.98. The highest BCUT2D eigenvalue weighted by molar-refractivity contribution is 6.30. The van der Waals surface area contributed by atoms with E-state index in [2.05, 4.69) is 0 Å². The Bertz CT molecular complexity index is 330. The Balaban J connectivity index is 2.86. The third-order valence-electron chi connectivity index (χ3n) is 1.76. The number of alkyl halides is 3. The summed E-state index contributed by atoms with van der Waals surface area (Å²) < 4.78 is 48.8. The molecule has 0 bridgehead atoms. The minimum atomic E-state index is -4.38. The number of benzene rings is 1. The highest BCUT2D eigenvalue weighted by atomic mass is 35.5. The van der Waals surface area contributed by atoms with E-state index in [1.54, 1.807) is 0 Å². The zero-order chi connectivity index (χ0) is 11.6. The van der Waals surface area contributed by atoms with Gasteiger partial charge in [-0.2, -0.15) is 13.2 Å². The Morgan fingerprint density at radius 2 is 1.87 bits per heavy atom. The van der Waals surface area contributed by atoms with Crippen molar-refractivity contribution in [2.24, 2.45) is 5.73 Å². The molecule has 0 aliphatic rings. The summed E-state index contributed by atoms with van der Waals surface area (Å²) in [5.74, 6) is -0.699. The molecule has 0 heterocycles. The van der Waals surface area contributed by atoms with E-state index >= 15 is 0 Å². The molecule has 2 N–H and O–H groups in total. The van der Waals surface area contributed by atoms with Crippen LogP contribution in [0.5, 0.6) is 0 Å². The van der Waals surface area contributed by atoms with Crippen molar-refractivity contribution in [1.29, 1.82) is 0 Å². The maximum atomic E-state index is 12.8. The first-order valence-corrected chi connectivity index (χ1v) is 4.44. The third-order valence-corrected chi connectivity index (χ3v) is 1.98. The highest BCUT2D eigenvalue weighted by Crippen LogP contribution is 2.29. The van der Waals surface area contributed by atoms with Crippen LogP contribution in [0.4, 0.5) is 17.6 Å². The van der Waals surface area contributed by atoms with Crippen molar-refractivity contribution in [3.8, 4) is 0 Å². The predicted molar refractivity (Wildman–Crippen MR) is 49.0 cm³/mol. The summed E-state index contributed by atoms with van der Waals surface area (Å²) in [4.78, 5) is 0. The topological polar surface area (TPSA) is 26.0 Å². The maximum Gasteiger partial charge on any atom is 0.390 e. The molecule has 1 aromatic carbocycles. The van der Waals surface area contributed by atoms with Crippen LogP contribution in [0.3, 0.4) is 0 Å². The Morgan fingerprint density at radius 1 is 1.27 bits per heavy atom. The molecule has 1 rings (SSSR count). The van der Waals surface area contributed by atoms with Gasteiger partial charge in [-0.1, -0.05) is 11.6 Å². The quantitative estimate of drug-likeness (QED) is 0.789. The molecule has 84 valence electrons. The largest absolute Gasteiger partial charge is 0.390 e. The minimum absolute atomic E-state index is 0.0302. The first-order valence-electron chi connectivity index (χ1n) is 4.06. The molecular formula is C9H8ClF4N. The lowest BCUT2D eigenvalue weighted by Crippen LogP contribution is -2.20. The van der Waals surface area contributed by atoms with E-state index in [-0.39, 0.29) is 10.6 Å². The van der Waals surface area contributed by atoms with Crippen LogP contribution in [-0.4, -0.2) is 6.18 Å². The van der Waals surface area contributed by atoms with Crippen LogP contribution in [0.2, 0.25) is 5.02 Å². The number of halogens is 5. The Morgan fingerprint density at radius 3 is 2.33 bits per heavy atom. The van der Waals surface area contributed by atoms with Crippen molar-refractivity contribution in [3.05, 3.63) is 34.6 Å². The van der Waals surface area contributed by atoms with E-state index < -0.39 is 24.5 Å². The van der Waals surface area contributed by atoms with E-state index in [0.29, 0.717) is 0 Å². The molecule has 1 nitrogen and oxygen atoms in total. The van der Waals surface area contributed by atoms with E-state index in [4.69, 9.17) is 17.3 Å². The van der Waals surface area contributed by atoms with Crippen molar-refractivity contribution < 1.29 is 17.6 Å². The van der Waals surface area contributed by atoms with Gasteiger partial charge in [0.25, 0.3) is 0 Å². The van der Waals surface area contributed by atoms with Gasteiger partial charge in [0, 0.05) is 11.1 Å². The molecule has 0 fully saturated rings. The van der Waals surface area contributed by atoms with Crippen molar-refractivity contribution in [2.75, 3.05) is 0 Å². The predicted octanol–water partition coefficient (Wildman–Crippen LogP) is 3.43. The van der Waals surface area contributed by atoms with Gasteiger partial charge < -0.3 is 5.73 Å². The van der Waals surface area contributed by atoms with E-state index in [9.17, 15) is 17.6 Å². The number of hydrogen-bond acceptors (Lipinski definition) is 1. The Hall–Kier alpha value is -0.810. The summed E-state index contributed by atoms with van der Waals surface area (Å²) in [6.07, 6.45) is -5.58. The summed E-state index contributed by atoms with van der Waals surface area (Å²) in [5, 5.41) is 0.0302. The first-order chi connectivity index (χ1) is 6.78. The van der Waals surface area contributed by atoms with Gasteiger partial charge in [-0.3, -0.25) is 0 Å². The SMILES string of the molecule is NC(CC(F)(F)F)c1cc(F)cc(Cl)c1. The number of hydrogen-bond donors (Lipinski definition) is 1. The summed E-state index contributed by atoms with van der Waals surface area (Å²) in [7, 11) is 0. The van der Waals surface area contributed by atoms with Gasteiger partial charge in [-0.15, -0.1) is 0 Å². The maximum absolute atomic E-state index is 12.8. The highest BCUT2D eigenvalue weighted by Gasteiger charge is 2.31. The third kappa shape index (κ3) is 4.05. The van der Waals surface area contributed by atoms with Gasteiger partial charge in [0.05, 0.1) is 6.42 Å². The molecule has 0 aliphatic carbocycles. The molecule has 6 heteroatoms. The van der Waals surface area contributed by atoms with Crippen LogP contribution >= 0.6 is 11.6 Å². The van der Waals surface area contributed by atoms with E-state index in [0.717, 1.165) is 12.1 Å².